The fourth-order valence-corrected chi connectivity index (χ4v) is 1.72. The Morgan fingerprint density at radius 1 is 1.38 bits per heavy atom. The van der Waals surface area contributed by atoms with E-state index in [1.165, 1.54) is 12.8 Å². The molecular weight excluding hydrogens is 102 g/mol. The summed E-state index contributed by atoms with van der Waals surface area (Å²) in [5.74, 6) is 0.801. The molecule has 2 fully saturated rings. The van der Waals surface area contributed by atoms with E-state index >= 15 is 0 Å². The van der Waals surface area contributed by atoms with Gasteiger partial charge in [-0.15, -0.1) is 0 Å². The molecule has 2 rings (SSSR count). The molecule has 3 unspecified atom stereocenters. The van der Waals surface area contributed by atoms with Gasteiger partial charge in [0.25, 0.3) is 0 Å². The van der Waals surface area contributed by atoms with Gasteiger partial charge in [0.05, 0.1) is 6.10 Å². The molecule has 1 saturated carbocycles. The SMILES string of the molecule is NC1CC2COC1C2. The van der Waals surface area contributed by atoms with E-state index in [-0.39, 0.29) is 0 Å². The van der Waals surface area contributed by atoms with E-state index in [1.807, 2.05) is 0 Å². The van der Waals surface area contributed by atoms with Crippen LogP contribution in [0, 0.1) is 5.92 Å². The third kappa shape index (κ3) is 0.501. The summed E-state index contributed by atoms with van der Waals surface area (Å²) in [6, 6.07) is 0.355. The maximum absolute atomic E-state index is 5.69. The molecule has 1 heterocycles. The standard InChI is InChI=1S/C6H11NO/c7-5-1-4-2-6(5)8-3-4/h4-6H,1-3,7H2. The first-order valence-electron chi connectivity index (χ1n) is 3.23. The fourth-order valence-electron chi connectivity index (χ4n) is 1.72. The third-order valence-corrected chi connectivity index (χ3v) is 2.19. The monoisotopic (exact) mass is 113 g/mol. The summed E-state index contributed by atoms with van der Waals surface area (Å²) in [5.41, 5.74) is 5.69. The van der Waals surface area contributed by atoms with Crippen LogP contribution in [0.3, 0.4) is 0 Å². The molecule has 0 amide bonds. The molecule has 46 valence electrons. The molecule has 0 aromatic heterocycles. The van der Waals surface area contributed by atoms with Crippen molar-refractivity contribution in [3.05, 3.63) is 0 Å². The first kappa shape index (κ1) is 4.77. The molecule has 0 spiro atoms. The largest absolute Gasteiger partial charge is 0.376 e. The first-order valence-corrected chi connectivity index (χ1v) is 3.23. The Morgan fingerprint density at radius 2 is 2.25 bits per heavy atom. The molecule has 0 aromatic rings. The normalized spacial score (nSPS) is 52.9. The topological polar surface area (TPSA) is 35.2 Å². The zero-order chi connectivity index (χ0) is 5.56. The van der Waals surface area contributed by atoms with Gasteiger partial charge in [0.1, 0.15) is 0 Å². The molecular formula is C6H11NO. The molecule has 0 aromatic carbocycles. The quantitative estimate of drug-likeness (QED) is 0.484. The summed E-state index contributed by atoms with van der Waals surface area (Å²) in [5, 5.41) is 0. The van der Waals surface area contributed by atoms with Crippen LogP contribution in [-0.2, 0) is 4.74 Å². The van der Waals surface area contributed by atoms with Gasteiger partial charge in [-0.05, 0) is 18.8 Å². The van der Waals surface area contributed by atoms with Crippen LogP contribution in [0.25, 0.3) is 0 Å². The van der Waals surface area contributed by atoms with E-state index in [4.69, 9.17) is 10.5 Å². The van der Waals surface area contributed by atoms with Crippen LogP contribution >= 0.6 is 0 Å². The predicted molar refractivity (Wildman–Crippen MR) is 30.4 cm³/mol. The van der Waals surface area contributed by atoms with Crippen LogP contribution in [-0.4, -0.2) is 18.8 Å². The van der Waals surface area contributed by atoms with Crippen molar-refractivity contribution in [1.82, 2.24) is 0 Å². The van der Waals surface area contributed by atoms with Gasteiger partial charge in [0, 0.05) is 12.6 Å². The minimum Gasteiger partial charge on any atom is -0.376 e. The molecule has 1 aliphatic carbocycles. The lowest BCUT2D eigenvalue weighted by Crippen LogP contribution is -2.33. The Morgan fingerprint density at radius 3 is 2.50 bits per heavy atom. The second-order valence-corrected chi connectivity index (χ2v) is 2.87. The highest BCUT2D eigenvalue weighted by Gasteiger charge is 2.38. The summed E-state index contributed by atoms with van der Waals surface area (Å²) in [6.07, 6.45) is 2.84. The molecule has 2 nitrogen and oxygen atoms in total. The Hall–Kier alpha value is -0.0800. The van der Waals surface area contributed by atoms with Crippen molar-refractivity contribution in [2.45, 2.75) is 25.0 Å². The minimum atomic E-state index is 0.355. The van der Waals surface area contributed by atoms with Gasteiger partial charge in [-0.25, -0.2) is 0 Å². The lowest BCUT2D eigenvalue weighted by atomic mass is 10.1. The van der Waals surface area contributed by atoms with E-state index in [0.29, 0.717) is 12.1 Å². The molecule has 2 bridgehead atoms. The molecule has 3 atom stereocenters. The number of rotatable bonds is 0. The molecule has 1 aliphatic heterocycles. The molecule has 0 radical (unpaired) electrons. The van der Waals surface area contributed by atoms with Crippen LogP contribution in [0.4, 0.5) is 0 Å². The van der Waals surface area contributed by atoms with Crippen molar-refractivity contribution in [1.29, 1.82) is 0 Å². The van der Waals surface area contributed by atoms with Crippen LogP contribution in [0.2, 0.25) is 0 Å². The van der Waals surface area contributed by atoms with Crippen LogP contribution in [0.5, 0.6) is 0 Å². The molecule has 8 heavy (non-hydrogen) atoms. The van der Waals surface area contributed by atoms with Crippen molar-refractivity contribution in [3.63, 3.8) is 0 Å². The minimum absolute atomic E-state index is 0.355. The second kappa shape index (κ2) is 1.45. The fraction of sp³-hybridized carbons (Fsp3) is 1.00. The van der Waals surface area contributed by atoms with Gasteiger partial charge in [-0.3, -0.25) is 0 Å². The smallest absolute Gasteiger partial charge is 0.0729 e. The lowest BCUT2D eigenvalue weighted by Gasteiger charge is -2.16. The number of nitrogens with two attached hydrogens (primary N) is 1. The predicted octanol–water partition coefficient (Wildman–Crippen LogP) is 0.122. The van der Waals surface area contributed by atoms with E-state index in [9.17, 15) is 0 Å². The second-order valence-electron chi connectivity index (χ2n) is 2.87. The van der Waals surface area contributed by atoms with Gasteiger partial charge in [-0.2, -0.15) is 0 Å². The Labute approximate surface area is 49.0 Å². The average Bonchev–Trinajstić information content (AvgIpc) is 2.23. The molecule has 1 saturated heterocycles. The number of hydrogen-bond acceptors (Lipinski definition) is 2. The highest BCUT2D eigenvalue weighted by molar-refractivity contribution is 4.91. The van der Waals surface area contributed by atoms with Crippen molar-refractivity contribution < 1.29 is 4.74 Å². The van der Waals surface area contributed by atoms with Crippen molar-refractivity contribution in [3.8, 4) is 0 Å². The maximum Gasteiger partial charge on any atom is 0.0729 e. The maximum atomic E-state index is 5.69. The van der Waals surface area contributed by atoms with Gasteiger partial charge in [-0.1, -0.05) is 0 Å². The highest BCUT2D eigenvalue weighted by atomic mass is 16.5. The summed E-state index contributed by atoms with van der Waals surface area (Å²) >= 11 is 0. The third-order valence-electron chi connectivity index (χ3n) is 2.19. The van der Waals surface area contributed by atoms with Crippen molar-refractivity contribution >= 4 is 0 Å². The Bertz CT molecular complexity index is 103. The number of fused-ring (bicyclic) bond motifs is 2. The zero-order valence-corrected chi connectivity index (χ0v) is 4.84. The summed E-state index contributed by atoms with van der Waals surface area (Å²) in [7, 11) is 0. The highest BCUT2D eigenvalue weighted by Crippen LogP contribution is 2.33. The molecule has 2 heteroatoms. The van der Waals surface area contributed by atoms with Gasteiger partial charge in [0.2, 0.25) is 0 Å². The van der Waals surface area contributed by atoms with E-state index in [0.717, 1.165) is 12.5 Å². The zero-order valence-electron chi connectivity index (χ0n) is 4.84. The molecule has 2 N–H and O–H groups in total. The number of ether oxygens (including phenoxy) is 1. The summed E-state index contributed by atoms with van der Waals surface area (Å²) in [4.78, 5) is 0. The van der Waals surface area contributed by atoms with Crippen LogP contribution in [0.1, 0.15) is 12.8 Å². The van der Waals surface area contributed by atoms with Crippen LogP contribution < -0.4 is 5.73 Å². The van der Waals surface area contributed by atoms with E-state index < -0.39 is 0 Å². The van der Waals surface area contributed by atoms with Gasteiger partial charge < -0.3 is 10.5 Å². The van der Waals surface area contributed by atoms with Crippen molar-refractivity contribution in [2.24, 2.45) is 11.7 Å². The number of hydrogen-bond donors (Lipinski definition) is 1. The van der Waals surface area contributed by atoms with Crippen molar-refractivity contribution in [2.75, 3.05) is 6.61 Å². The molecule has 2 aliphatic rings. The van der Waals surface area contributed by atoms with Gasteiger partial charge >= 0.3 is 0 Å². The lowest BCUT2D eigenvalue weighted by molar-refractivity contribution is 0.0625. The first-order chi connectivity index (χ1) is 3.86. The Kier molecular flexibility index (Phi) is 0.866. The van der Waals surface area contributed by atoms with Gasteiger partial charge in [0.15, 0.2) is 0 Å². The average molecular weight is 113 g/mol. The van der Waals surface area contributed by atoms with E-state index in [2.05, 4.69) is 0 Å². The van der Waals surface area contributed by atoms with E-state index in [1.54, 1.807) is 0 Å². The van der Waals surface area contributed by atoms with Crippen LogP contribution in [0.15, 0.2) is 0 Å². The Balaban J connectivity index is 2.11. The summed E-state index contributed by atoms with van der Waals surface area (Å²) in [6.45, 7) is 0.971. The summed E-state index contributed by atoms with van der Waals surface area (Å²) < 4.78 is 5.34.